The van der Waals surface area contributed by atoms with Crippen LogP contribution in [0.5, 0.6) is 11.5 Å². The molecule has 2 rings (SSSR count). The SMILES string of the molecule is Cc1[nH]ncc1CNC(C)c1ccc(O)cc1O. The molecule has 0 saturated carbocycles. The topological polar surface area (TPSA) is 81.2 Å². The van der Waals surface area contributed by atoms with E-state index in [1.807, 2.05) is 13.8 Å². The number of aromatic amines is 1. The second kappa shape index (κ2) is 5.10. The number of benzene rings is 1. The lowest BCUT2D eigenvalue weighted by Gasteiger charge is -2.15. The Bertz CT molecular complexity index is 537. The van der Waals surface area contributed by atoms with Gasteiger partial charge in [0.05, 0.1) is 6.20 Å². The Morgan fingerprint density at radius 1 is 1.39 bits per heavy atom. The van der Waals surface area contributed by atoms with E-state index in [9.17, 15) is 10.2 Å². The highest BCUT2D eigenvalue weighted by Gasteiger charge is 2.11. The number of aromatic nitrogens is 2. The van der Waals surface area contributed by atoms with Crippen molar-refractivity contribution in [3.8, 4) is 11.5 Å². The van der Waals surface area contributed by atoms with Crippen molar-refractivity contribution in [2.45, 2.75) is 26.4 Å². The van der Waals surface area contributed by atoms with Gasteiger partial charge in [0, 0.05) is 35.5 Å². The Balaban J connectivity index is 2.03. The number of aromatic hydroxyl groups is 2. The molecule has 1 unspecified atom stereocenters. The van der Waals surface area contributed by atoms with Gasteiger partial charge in [0.25, 0.3) is 0 Å². The van der Waals surface area contributed by atoms with Gasteiger partial charge in [0.2, 0.25) is 0 Å². The summed E-state index contributed by atoms with van der Waals surface area (Å²) in [5.74, 6) is 0.160. The minimum atomic E-state index is -0.0140. The van der Waals surface area contributed by atoms with Crippen molar-refractivity contribution in [3.63, 3.8) is 0 Å². The molecule has 5 heteroatoms. The molecule has 0 amide bonds. The summed E-state index contributed by atoms with van der Waals surface area (Å²) < 4.78 is 0. The van der Waals surface area contributed by atoms with Gasteiger partial charge in [-0.1, -0.05) is 6.07 Å². The van der Waals surface area contributed by atoms with E-state index in [-0.39, 0.29) is 17.5 Å². The highest BCUT2D eigenvalue weighted by Crippen LogP contribution is 2.27. The van der Waals surface area contributed by atoms with Crippen LogP contribution in [-0.2, 0) is 6.54 Å². The Hall–Kier alpha value is -2.01. The van der Waals surface area contributed by atoms with Gasteiger partial charge in [0.1, 0.15) is 11.5 Å². The lowest BCUT2D eigenvalue weighted by Crippen LogP contribution is -2.18. The van der Waals surface area contributed by atoms with Crippen LogP contribution in [0.15, 0.2) is 24.4 Å². The smallest absolute Gasteiger partial charge is 0.124 e. The molecule has 0 aliphatic carbocycles. The molecule has 4 N–H and O–H groups in total. The zero-order valence-electron chi connectivity index (χ0n) is 10.4. The maximum absolute atomic E-state index is 9.76. The normalized spacial score (nSPS) is 12.6. The summed E-state index contributed by atoms with van der Waals surface area (Å²) in [6, 6.07) is 4.61. The number of nitrogens with zero attached hydrogens (tertiary/aromatic N) is 1. The first-order chi connectivity index (χ1) is 8.58. The molecular formula is C13H17N3O2. The summed E-state index contributed by atoms with van der Waals surface area (Å²) in [5.41, 5.74) is 2.89. The molecule has 1 atom stereocenters. The number of rotatable bonds is 4. The first kappa shape index (κ1) is 12.4. The fourth-order valence-electron chi connectivity index (χ4n) is 1.83. The third-order valence-electron chi connectivity index (χ3n) is 3.01. The fraction of sp³-hybridized carbons (Fsp3) is 0.308. The van der Waals surface area contributed by atoms with Crippen LogP contribution in [0.25, 0.3) is 0 Å². The summed E-state index contributed by atoms with van der Waals surface area (Å²) in [6.07, 6.45) is 1.78. The van der Waals surface area contributed by atoms with E-state index in [1.165, 1.54) is 6.07 Å². The predicted octanol–water partition coefficient (Wildman–Crippen LogP) is 1.98. The van der Waals surface area contributed by atoms with Crippen molar-refractivity contribution in [1.82, 2.24) is 15.5 Å². The van der Waals surface area contributed by atoms with Crippen LogP contribution in [0.4, 0.5) is 0 Å². The van der Waals surface area contributed by atoms with Crippen LogP contribution in [0.2, 0.25) is 0 Å². The molecule has 5 nitrogen and oxygen atoms in total. The lowest BCUT2D eigenvalue weighted by molar-refractivity contribution is 0.436. The molecule has 1 heterocycles. The molecule has 0 aliphatic heterocycles. The number of phenolic OH excluding ortho intramolecular Hbond substituents is 2. The third-order valence-corrected chi connectivity index (χ3v) is 3.01. The number of hydrogen-bond donors (Lipinski definition) is 4. The summed E-state index contributed by atoms with van der Waals surface area (Å²) in [4.78, 5) is 0. The second-order valence-corrected chi connectivity index (χ2v) is 4.37. The van der Waals surface area contributed by atoms with Gasteiger partial charge in [-0.2, -0.15) is 5.10 Å². The van der Waals surface area contributed by atoms with Crippen LogP contribution in [0.3, 0.4) is 0 Å². The Morgan fingerprint density at radius 2 is 2.17 bits per heavy atom. The van der Waals surface area contributed by atoms with E-state index in [0.717, 1.165) is 16.8 Å². The number of hydrogen-bond acceptors (Lipinski definition) is 4. The average Bonchev–Trinajstić information content (AvgIpc) is 2.72. The van der Waals surface area contributed by atoms with E-state index in [2.05, 4.69) is 15.5 Å². The van der Waals surface area contributed by atoms with E-state index < -0.39 is 0 Å². The second-order valence-electron chi connectivity index (χ2n) is 4.37. The van der Waals surface area contributed by atoms with Gasteiger partial charge in [-0.25, -0.2) is 0 Å². The summed E-state index contributed by atoms with van der Waals surface area (Å²) in [5, 5.41) is 29.1. The van der Waals surface area contributed by atoms with Crippen molar-refractivity contribution < 1.29 is 10.2 Å². The summed E-state index contributed by atoms with van der Waals surface area (Å²) >= 11 is 0. The average molecular weight is 247 g/mol. The molecule has 0 saturated heterocycles. The zero-order valence-corrected chi connectivity index (χ0v) is 10.4. The highest BCUT2D eigenvalue weighted by molar-refractivity contribution is 5.40. The molecule has 0 spiro atoms. The maximum atomic E-state index is 9.76. The minimum absolute atomic E-state index is 0.0140. The quantitative estimate of drug-likeness (QED) is 0.666. The van der Waals surface area contributed by atoms with Crippen LogP contribution in [-0.4, -0.2) is 20.4 Å². The zero-order chi connectivity index (χ0) is 13.1. The van der Waals surface area contributed by atoms with Gasteiger partial charge < -0.3 is 15.5 Å². The minimum Gasteiger partial charge on any atom is -0.508 e. The summed E-state index contributed by atoms with van der Waals surface area (Å²) in [6.45, 7) is 4.60. The largest absolute Gasteiger partial charge is 0.508 e. The Labute approximate surface area is 105 Å². The van der Waals surface area contributed by atoms with E-state index >= 15 is 0 Å². The van der Waals surface area contributed by atoms with E-state index in [0.29, 0.717) is 6.54 Å². The van der Waals surface area contributed by atoms with Crippen molar-refractivity contribution in [2.24, 2.45) is 0 Å². The molecular weight excluding hydrogens is 230 g/mol. The van der Waals surface area contributed by atoms with Crippen LogP contribution >= 0.6 is 0 Å². The van der Waals surface area contributed by atoms with Crippen LogP contribution < -0.4 is 5.32 Å². The van der Waals surface area contributed by atoms with Crippen LogP contribution in [0.1, 0.15) is 29.8 Å². The molecule has 1 aromatic carbocycles. The highest BCUT2D eigenvalue weighted by atomic mass is 16.3. The number of aryl methyl sites for hydroxylation is 1. The number of phenols is 2. The molecule has 18 heavy (non-hydrogen) atoms. The molecule has 2 aromatic rings. The Kier molecular flexibility index (Phi) is 3.53. The lowest BCUT2D eigenvalue weighted by atomic mass is 10.1. The van der Waals surface area contributed by atoms with Gasteiger partial charge in [0.15, 0.2) is 0 Å². The molecule has 96 valence electrons. The summed E-state index contributed by atoms with van der Waals surface area (Å²) in [7, 11) is 0. The monoisotopic (exact) mass is 247 g/mol. The van der Waals surface area contributed by atoms with Gasteiger partial charge in [-0.3, -0.25) is 5.10 Å². The first-order valence-corrected chi connectivity index (χ1v) is 5.82. The third kappa shape index (κ3) is 2.62. The van der Waals surface area contributed by atoms with Crippen molar-refractivity contribution in [2.75, 3.05) is 0 Å². The number of nitrogens with one attached hydrogen (secondary N) is 2. The molecule has 0 radical (unpaired) electrons. The molecule has 0 fully saturated rings. The molecule has 0 bridgehead atoms. The van der Waals surface area contributed by atoms with E-state index in [4.69, 9.17) is 0 Å². The van der Waals surface area contributed by atoms with Crippen molar-refractivity contribution in [3.05, 3.63) is 41.2 Å². The first-order valence-electron chi connectivity index (χ1n) is 5.82. The van der Waals surface area contributed by atoms with Crippen LogP contribution in [0, 0.1) is 6.92 Å². The van der Waals surface area contributed by atoms with Crippen molar-refractivity contribution in [1.29, 1.82) is 0 Å². The van der Waals surface area contributed by atoms with Crippen molar-refractivity contribution >= 4 is 0 Å². The number of H-pyrrole nitrogens is 1. The Morgan fingerprint density at radius 3 is 2.78 bits per heavy atom. The van der Waals surface area contributed by atoms with Gasteiger partial charge >= 0.3 is 0 Å². The standard InChI is InChI=1S/C13H17N3O2/c1-8-10(7-15-16-8)6-14-9(2)12-4-3-11(17)5-13(12)18/h3-5,7,9,14,17-18H,6H2,1-2H3,(H,15,16). The maximum Gasteiger partial charge on any atom is 0.124 e. The van der Waals surface area contributed by atoms with E-state index in [1.54, 1.807) is 18.3 Å². The fourth-order valence-corrected chi connectivity index (χ4v) is 1.83. The molecule has 1 aromatic heterocycles. The van der Waals surface area contributed by atoms with Gasteiger partial charge in [-0.15, -0.1) is 0 Å². The van der Waals surface area contributed by atoms with Gasteiger partial charge in [-0.05, 0) is 19.9 Å². The molecule has 0 aliphatic rings. The predicted molar refractivity (Wildman–Crippen MR) is 68.4 cm³/mol.